The van der Waals surface area contributed by atoms with Gasteiger partial charge in [-0.2, -0.15) is 26.3 Å². The number of nitrogens with one attached hydrogen (secondary N) is 1. The molecule has 186 valence electrons. The topological polar surface area (TPSA) is 41.6 Å². The Balaban J connectivity index is 1.81. The molecule has 4 nitrogen and oxygen atoms in total. The smallest absolute Gasteiger partial charge is 0.416 e. The molecule has 0 unspecified atom stereocenters. The molecule has 0 spiro atoms. The molecule has 2 aromatic rings. The van der Waals surface area contributed by atoms with Gasteiger partial charge in [0.25, 0.3) is 0 Å². The highest BCUT2D eigenvalue weighted by Gasteiger charge is 2.37. The third-order valence-corrected chi connectivity index (χ3v) is 5.83. The Kier molecular flexibility index (Phi) is 8.12. The fraction of sp³-hybridized carbons (Fsp3) is 0.458. The minimum Gasteiger partial charge on any atom is -0.497 e. The van der Waals surface area contributed by atoms with Gasteiger partial charge in [0.2, 0.25) is 5.91 Å². The Labute approximate surface area is 193 Å². The number of piperidine rings is 1. The lowest BCUT2D eigenvalue weighted by Crippen LogP contribution is -2.45. The Morgan fingerprint density at radius 1 is 0.971 bits per heavy atom. The second-order valence-electron chi connectivity index (χ2n) is 8.27. The van der Waals surface area contributed by atoms with E-state index in [1.54, 1.807) is 23.1 Å². The van der Waals surface area contributed by atoms with Crippen molar-refractivity contribution >= 4 is 5.91 Å². The maximum absolute atomic E-state index is 13.2. The number of ether oxygens (including phenoxy) is 1. The van der Waals surface area contributed by atoms with Crippen molar-refractivity contribution in [3.8, 4) is 5.75 Å². The summed E-state index contributed by atoms with van der Waals surface area (Å²) in [4.78, 5) is 14.8. The van der Waals surface area contributed by atoms with E-state index in [-0.39, 0.29) is 43.0 Å². The van der Waals surface area contributed by atoms with Gasteiger partial charge in [-0.3, -0.25) is 4.79 Å². The van der Waals surface area contributed by atoms with Gasteiger partial charge in [-0.15, -0.1) is 0 Å². The number of methoxy groups -OCH3 is 1. The molecular formula is C24H26F6N2O2. The monoisotopic (exact) mass is 488 g/mol. The van der Waals surface area contributed by atoms with Crippen LogP contribution in [-0.4, -0.2) is 37.0 Å². The number of hydrogen-bond donors (Lipinski definition) is 1. The molecule has 34 heavy (non-hydrogen) atoms. The molecule has 1 fully saturated rings. The maximum Gasteiger partial charge on any atom is 0.416 e. The molecule has 0 aromatic heterocycles. The standard InChI is InChI=1S/C24H26F6N2O2/c1-34-21-4-2-3-17(13-21)15-32(20-7-9-31-10-8-20)22(33)6-5-16-11-18(23(25,26)27)14-19(12-16)24(28,29)30/h2-4,11-14,20,31H,5-10,15H2,1H3. The summed E-state index contributed by atoms with van der Waals surface area (Å²) in [5.41, 5.74) is -2.11. The van der Waals surface area contributed by atoms with Crippen LogP contribution >= 0.6 is 0 Å². The number of nitrogens with zero attached hydrogens (tertiary/aromatic N) is 1. The zero-order valence-corrected chi connectivity index (χ0v) is 18.6. The van der Waals surface area contributed by atoms with E-state index in [2.05, 4.69) is 5.32 Å². The first-order chi connectivity index (χ1) is 16.0. The average molecular weight is 488 g/mol. The van der Waals surface area contributed by atoms with Gasteiger partial charge >= 0.3 is 12.4 Å². The molecule has 1 aliphatic rings. The fourth-order valence-electron chi connectivity index (χ4n) is 4.07. The van der Waals surface area contributed by atoms with Crippen LogP contribution in [0.25, 0.3) is 0 Å². The minimum absolute atomic E-state index is 0.0767. The average Bonchev–Trinajstić information content (AvgIpc) is 2.80. The van der Waals surface area contributed by atoms with Crippen molar-refractivity contribution in [1.29, 1.82) is 0 Å². The van der Waals surface area contributed by atoms with Crippen molar-refractivity contribution < 1.29 is 35.9 Å². The Morgan fingerprint density at radius 2 is 1.59 bits per heavy atom. The lowest BCUT2D eigenvalue weighted by Gasteiger charge is -2.35. The summed E-state index contributed by atoms with van der Waals surface area (Å²) in [6, 6.07) is 8.57. The SMILES string of the molecule is COc1cccc(CN(C(=O)CCc2cc(C(F)(F)F)cc(C(F)(F)F)c2)C2CCNCC2)c1. The van der Waals surface area contributed by atoms with Gasteiger partial charge < -0.3 is 15.0 Å². The van der Waals surface area contributed by atoms with E-state index in [1.807, 2.05) is 6.07 Å². The fourth-order valence-corrected chi connectivity index (χ4v) is 4.07. The number of amides is 1. The zero-order valence-electron chi connectivity index (χ0n) is 18.6. The normalized spacial score (nSPS) is 15.3. The first-order valence-corrected chi connectivity index (χ1v) is 10.9. The number of aryl methyl sites for hydroxylation is 1. The van der Waals surface area contributed by atoms with Crippen LogP contribution in [0.1, 0.15) is 41.5 Å². The quantitative estimate of drug-likeness (QED) is 0.528. The van der Waals surface area contributed by atoms with Gasteiger partial charge in [0.1, 0.15) is 5.75 Å². The molecule has 1 heterocycles. The summed E-state index contributed by atoms with van der Waals surface area (Å²) in [6.45, 7) is 1.71. The molecule has 2 aromatic carbocycles. The van der Waals surface area contributed by atoms with Crippen molar-refractivity contribution in [2.45, 2.75) is 50.6 Å². The summed E-state index contributed by atoms with van der Waals surface area (Å²) in [5.74, 6) is 0.305. The number of hydrogen-bond acceptors (Lipinski definition) is 3. The van der Waals surface area contributed by atoms with E-state index >= 15 is 0 Å². The highest BCUT2D eigenvalue weighted by atomic mass is 19.4. The molecule has 3 rings (SSSR count). The summed E-state index contributed by atoms with van der Waals surface area (Å²) in [7, 11) is 1.53. The van der Waals surface area contributed by atoms with Crippen molar-refractivity contribution in [3.05, 3.63) is 64.7 Å². The molecular weight excluding hydrogens is 462 g/mol. The van der Waals surface area contributed by atoms with Crippen molar-refractivity contribution in [1.82, 2.24) is 10.2 Å². The Hall–Kier alpha value is -2.75. The van der Waals surface area contributed by atoms with E-state index in [1.165, 1.54) is 7.11 Å². The van der Waals surface area contributed by atoms with Crippen LogP contribution in [0.2, 0.25) is 0 Å². The van der Waals surface area contributed by atoms with Crippen molar-refractivity contribution in [2.75, 3.05) is 20.2 Å². The molecule has 10 heteroatoms. The Bertz CT molecular complexity index is 952. The van der Waals surface area contributed by atoms with E-state index < -0.39 is 23.5 Å². The molecule has 0 aliphatic carbocycles. The number of carbonyl (C=O) groups is 1. The largest absolute Gasteiger partial charge is 0.497 e. The van der Waals surface area contributed by atoms with Crippen LogP contribution < -0.4 is 10.1 Å². The highest BCUT2D eigenvalue weighted by molar-refractivity contribution is 5.77. The molecule has 1 aliphatic heterocycles. The second kappa shape index (κ2) is 10.7. The maximum atomic E-state index is 13.2. The van der Waals surface area contributed by atoms with Gasteiger partial charge in [0, 0.05) is 19.0 Å². The van der Waals surface area contributed by atoms with Crippen molar-refractivity contribution in [3.63, 3.8) is 0 Å². The second-order valence-corrected chi connectivity index (χ2v) is 8.27. The number of halogens is 6. The number of carbonyl (C=O) groups excluding carboxylic acids is 1. The third kappa shape index (κ3) is 6.88. The summed E-state index contributed by atoms with van der Waals surface area (Å²) >= 11 is 0. The Morgan fingerprint density at radius 3 is 2.15 bits per heavy atom. The third-order valence-electron chi connectivity index (χ3n) is 5.83. The van der Waals surface area contributed by atoms with Gasteiger partial charge in [0.05, 0.1) is 18.2 Å². The molecule has 0 saturated carbocycles. The number of rotatable bonds is 7. The predicted octanol–water partition coefficient (Wildman–Crippen LogP) is 5.45. The van der Waals surface area contributed by atoms with Gasteiger partial charge in [-0.25, -0.2) is 0 Å². The van der Waals surface area contributed by atoms with Gasteiger partial charge in [0.15, 0.2) is 0 Å². The molecule has 0 bridgehead atoms. The van der Waals surface area contributed by atoms with Crippen LogP contribution in [-0.2, 0) is 30.1 Å². The number of alkyl halides is 6. The first-order valence-electron chi connectivity index (χ1n) is 10.9. The lowest BCUT2D eigenvalue weighted by molar-refractivity contribution is -0.143. The molecule has 0 radical (unpaired) electrons. The van der Waals surface area contributed by atoms with E-state index in [0.717, 1.165) is 18.7 Å². The predicted molar refractivity (Wildman–Crippen MR) is 114 cm³/mol. The van der Waals surface area contributed by atoms with E-state index in [4.69, 9.17) is 4.74 Å². The van der Waals surface area contributed by atoms with Crippen molar-refractivity contribution in [2.24, 2.45) is 0 Å². The van der Waals surface area contributed by atoms with E-state index in [0.29, 0.717) is 30.7 Å². The summed E-state index contributed by atoms with van der Waals surface area (Å²) in [5, 5.41) is 3.22. The minimum atomic E-state index is -4.92. The molecule has 1 amide bonds. The summed E-state index contributed by atoms with van der Waals surface area (Å²) in [6.07, 6.45) is -8.87. The van der Waals surface area contributed by atoms with E-state index in [9.17, 15) is 31.1 Å². The van der Waals surface area contributed by atoms with Crippen LogP contribution in [0.3, 0.4) is 0 Å². The van der Waals surface area contributed by atoms with Gasteiger partial charge in [-0.1, -0.05) is 12.1 Å². The molecule has 1 saturated heterocycles. The number of benzene rings is 2. The highest BCUT2D eigenvalue weighted by Crippen LogP contribution is 2.36. The molecule has 1 N–H and O–H groups in total. The van der Waals surface area contributed by atoms with Crippen LogP contribution in [0.5, 0.6) is 5.75 Å². The van der Waals surface area contributed by atoms with Crippen LogP contribution in [0, 0.1) is 0 Å². The lowest BCUT2D eigenvalue weighted by atomic mass is 9.99. The zero-order chi connectivity index (χ0) is 24.9. The first kappa shape index (κ1) is 25.9. The summed E-state index contributed by atoms with van der Waals surface area (Å²) < 4.78 is 84.1. The van der Waals surface area contributed by atoms with Crippen LogP contribution in [0.15, 0.2) is 42.5 Å². The van der Waals surface area contributed by atoms with Gasteiger partial charge in [-0.05, 0) is 73.8 Å². The molecule has 0 atom stereocenters. The van der Waals surface area contributed by atoms with Crippen LogP contribution in [0.4, 0.5) is 26.3 Å².